The molecule has 0 aliphatic carbocycles. The summed E-state index contributed by atoms with van der Waals surface area (Å²) in [5.74, 6) is -0.842. The van der Waals surface area contributed by atoms with E-state index in [-0.39, 0.29) is 12.6 Å². The largest absolute Gasteiger partial charge is 0.416 e. The molecule has 6 nitrogen and oxygen atoms in total. The number of hydrazine groups is 1. The van der Waals surface area contributed by atoms with E-state index in [1.807, 2.05) is 44.2 Å². The summed E-state index contributed by atoms with van der Waals surface area (Å²) < 4.78 is 86.3. The molecule has 0 aromatic heterocycles. The molecule has 1 atom stereocenters. The van der Waals surface area contributed by atoms with Crippen molar-refractivity contribution < 1.29 is 35.9 Å². The summed E-state index contributed by atoms with van der Waals surface area (Å²) in [6, 6.07) is 6.53. The number of hydrogen-bond donors (Lipinski definition) is 1. The lowest BCUT2D eigenvalue weighted by Crippen LogP contribution is -2.56. The van der Waals surface area contributed by atoms with E-state index in [2.05, 4.69) is 15.3 Å². The Kier molecular flexibility index (Phi) is 10.3. The second-order valence-electron chi connectivity index (χ2n) is 10.8. The molecule has 0 saturated carbocycles. The van der Waals surface area contributed by atoms with E-state index in [1.54, 1.807) is 0 Å². The number of morpholine rings is 1. The summed E-state index contributed by atoms with van der Waals surface area (Å²) in [6.45, 7) is 9.17. The number of piperazine rings is 1. The molecule has 12 heteroatoms. The summed E-state index contributed by atoms with van der Waals surface area (Å²) in [7, 11) is 0. The number of carbonyl (C=O) groups is 1. The minimum Gasteiger partial charge on any atom is -0.379 e. The Bertz CT molecular complexity index is 1230. The average molecular weight is 599 g/mol. The molecule has 2 aliphatic heterocycles. The Balaban J connectivity index is 1.52. The third kappa shape index (κ3) is 8.56. The third-order valence-corrected chi connectivity index (χ3v) is 7.68. The van der Waals surface area contributed by atoms with Crippen LogP contribution in [0.2, 0.25) is 0 Å². The first kappa shape index (κ1) is 32.0. The van der Waals surface area contributed by atoms with Gasteiger partial charge in [0.05, 0.1) is 24.3 Å². The molecule has 42 heavy (non-hydrogen) atoms. The van der Waals surface area contributed by atoms with E-state index in [9.17, 15) is 31.1 Å². The molecule has 2 aliphatic rings. The summed E-state index contributed by atoms with van der Waals surface area (Å²) in [5, 5.41) is 2.09. The van der Waals surface area contributed by atoms with Crippen LogP contribution in [0.15, 0.2) is 48.6 Å². The highest BCUT2D eigenvalue weighted by Gasteiger charge is 2.39. The molecule has 0 bridgehead atoms. The molecule has 0 unspecified atom stereocenters. The van der Waals surface area contributed by atoms with Crippen LogP contribution in [-0.2, 0) is 23.5 Å². The highest BCUT2D eigenvalue weighted by molar-refractivity contribution is 5.95. The lowest BCUT2D eigenvalue weighted by atomic mass is 9.97. The van der Waals surface area contributed by atoms with E-state index in [0.717, 1.165) is 29.8 Å². The number of rotatable bonds is 8. The van der Waals surface area contributed by atoms with Crippen LogP contribution in [0.5, 0.6) is 0 Å². The fourth-order valence-corrected chi connectivity index (χ4v) is 5.18. The number of nitrogens with one attached hydrogen (secondary N) is 1. The number of benzene rings is 2. The summed E-state index contributed by atoms with van der Waals surface area (Å²) in [4.78, 5) is 17.1. The Morgan fingerprint density at radius 1 is 0.905 bits per heavy atom. The molecule has 2 saturated heterocycles. The number of ether oxygens (including phenoxy) is 1. The maximum absolute atomic E-state index is 13.6. The van der Waals surface area contributed by atoms with Crippen LogP contribution in [0.3, 0.4) is 0 Å². The van der Waals surface area contributed by atoms with Gasteiger partial charge in [-0.3, -0.25) is 15.1 Å². The van der Waals surface area contributed by atoms with Gasteiger partial charge in [-0.05, 0) is 55.2 Å². The highest BCUT2D eigenvalue weighted by Crippen LogP contribution is 2.37. The van der Waals surface area contributed by atoms with Gasteiger partial charge >= 0.3 is 12.4 Å². The van der Waals surface area contributed by atoms with Gasteiger partial charge in [0, 0.05) is 57.4 Å². The number of nitrogens with zero attached hydrogens (tertiary/aromatic N) is 3. The van der Waals surface area contributed by atoms with Gasteiger partial charge in [0.25, 0.3) is 5.91 Å². The second-order valence-corrected chi connectivity index (χ2v) is 10.8. The van der Waals surface area contributed by atoms with Gasteiger partial charge in [0.2, 0.25) is 0 Å². The molecule has 4 rings (SSSR count). The molecule has 2 heterocycles. The molecule has 1 amide bonds. The normalized spacial score (nSPS) is 19.5. The molecule has 230 valence electrons. The number of aryl methyl sites for hydroxylation is 2. The van der Waals surface area contributed by atoms with Gasteiger partial charge in [-0.1, -0.05) is 30.4 Å². The van der Waals surface area contributed by atoms with Crippen molar-refractivity contribution in [2.75, 3.05) is 59.0 Å². The van der Waals surface area contributed by atoms with Crippen molar-refractivity contribution >= 4 is 5.91 Å². The monoisotopic (exact) mass is 598 g/mol. The molecule has 2 aromatic carbocycles. The van der Waals surface area contributed by atoms with Crippen molar-refractivity contribution in [3.05, 3.63) is 81.9 Å². The van der Waals surface area contributed by atoms with Crippen LogP contribution >= 0.6 is 0 Å². The van der Waals surface area contributed by atoms with Gasteiger partial charge in [0.15, 0.2) is 0 Å². The predicted octanol–water partition coefficient (Wildman–Crippen LogP) is 5.10. The van der Waals surface area contributed by atoms with E-state index in [1.165, 1.54) is 4.90 Å². The first-order valence-corrected chi connectivity index (χ1v) is 13.9. The lowest BCUT2D eigenvalue weighted by molar-refractivity contribution is -0.143. The van der Waals surface area contributed by atoms with Crippen LogP contribution in [-0.4, -0.2) is 85.8 Å². The van der Waals surface area contributed by atoms with Crippen molar-refractivity contribution in [1.29, 1.82) is 0 Å². The average Bonchev–Trinajstić information content (AvgIpc) is 2.94. The number of amides is 1. The molecule has 2 fully saturated rings. The fourth-order valence-electron chi connectivity index (χ4n) is 5.18. The summed E-state index contributed by atoms with van der Waals surface area (Å²) in [6.07, 6.45) is -5.63. The topological polar surface area (TPSA) is 48.0 Å². The lowest BCUT2D eigenvalue weighted by Gasteiger charge is -2.41. The molecule has 0 radical (unpaired) electrons. The van der Waals surface area contributed by atoms with Crippen molar-refractivity contribution in [3.63, 3.8) is 0 Å². The van der Waals surface area contributed by atoms with E-state index in [4.69, 9.17) is 4.74 Å². The highest BCUT2D eigenvalue weighted by atomic mass is 19.4. The van der Waals surface area contributed by atoms with Gasteiger partial charge in [-0.25, -0.2) is 5.01 Å². The van der Waals surface area contributed by atoms with E-state index in [0.29, 0.717) is 57.9 Å². The second kappa shape index (κ2) is 13.6. The quantitative estimate of drug-likeness (QED) is 0.339. The first-order valence-electron chi connectivity index (χ1n) is 13.9. The van der Waals surface area contributed by atoms with Crippen LogP contribution < -0.4 is 5.43 Å². The maximum atomic E-state index is 13.6. The first-order chi connectivity index (χ1) is 19.8. The van der Waals surface area contributed by atoms with Gasteiger partial charge in [-0.15, -0.1) is 0 Å². The van der Waals surface area contributed by atoms with Gasteiger partial charge in [-0.2, -0.15) is 26.3 Å². The molecule has 0 spiro atoms. The number of hydrogen-bond acceptors (Lipinski definition) is 5. The molecule has 1 N–H and O–H groups in total. The van der Waals surface area contributed by atoms with Gasteiger partial charge in [0.1, 0.15) is 0 Å². The summed E-state index contributed by atoms with van der Waals surface area (Å²) >= 11 is 0. The van der Waals surface area contributed by atoms with Crippen LogP contribution in [0, 0.1) is 13.8 Å². The molecular formula is C30H36F6N4O2. The standard InChI is InChI=1S/C30H36F6N4O2/c1-21-5-6-23(15-22(21)2)16-27-20-38(8-4-3-7-37-39-11-13-42-14-12-39)9-10-40(27)28(41)24-17-25(29(31,32)33)19-26(18-24)30(34,35)36/h3-6,15,17-19,27,37H,7-14,16,20H2,1-2H3/t27-/m1/s1. The number of carbonyl (C=O) groups excluding carboxylic acids is 1. The zero-order valence-electron chi connectivity index (χ0n) is 23.7. The third-order valence-electron chi connectivity index (χ3n) is 7.68. The van der Waals surface area contributed by atoms with Crippen molar-refractivity contribution in [2.24, 2.45) is 0 Å². The summed E-state index contributed by atoms with van der Waals surface area (Å²) in [5.41, 5.74) is 2.79. The maximum Gasteiger partial charge on any atom is 0.416 e. The predicted molar refractivity (Wildman–Crippen MR) is 147 cm³/mol. The SMILES string of the molecule is Cc1ccc(C[C@@H]2CN(CC=CCNN3CCOCC3)CCN2C(=O)c2cc(C(F)(F)F)cc(C(F)(F)F)c2)cc1C. The zero-order valence-corrected chi connectivity index (χ0v) is 23.7. The van der Waals surface area contributed by atoms with Crippen molar-refractivity contribution in [1.82, 2.24) is 20.2 Å². The molecule has 2 aromatic rings. The Hall–Kier alpha value is -2.93. The van der Waals surface area contributed by atoms with E-state index >= 15 is 0 Å². The Morgan fingerprint density at radius 2 is 1.57 bits per heavy atom. The van der Waals surface area contributed by atoms with E-state index < -0.39 is 41.0 Å². The van der Waals surface area contributed by atoms with Gasteiger partial charge < -0.3 is 9.64 Å². The smallest absolute Gasteiger partial charge is 0.379 e. The fraction of sp³-hybridized carbons (Fsp3) is 0.500. The number of halogens is 6. The number of alkyl halides is 6. The zero-order chi connectivity index (χ0) is 30.5. The van der Waals surface area contributed by atoms with Crippen LogP contribution in [0.4, 0.5) is 26.3 Å². The minimum absolute atomic E-state index is 0.0432. The Morgan fingerprint density at radius 3 is 2.19 bits per heavy atom. The van der Waals surface area contributed by atoms with Crippen molar-refractivity contribution in [2.45, 2.75) is 38.7 Å². The molecular weight excluding hydrogens is 562 g/mol. The van der Waals surface area contributed by atoms with Crippen LogP contribution in [0.25, 0.3) is 0 Å². The van der Waals surface area contributed by atoms with Crippen molar-refractivity contribution in [3.8, 4) is 0 Å². The Labute approximate surface area is 241 Å². The van der Waals surface area contributed by atoms with Crippen LogP contribution in [0.1, 0.15) is 38.2 Å². The minimum atomic E-state index is -5.03.